The van der Waals surface area contributed by atoms with Crippen LogP contribution in [0, 0.1) is 0 Å². The first-order valence-electron chi connectivity index (χ1n) is 11.0. The highest BCUT2D eigenvalue weighted by atomic mass is 16.5. The molecule has 33 heavy (non-hydrogen) atoms. The Morgan fingerprint density at radius 2 is 1.48 bits per heavy atom. The van der Waals surface area contributed by atoms with Gasteiger partial charge in [0.05, 0.1) is 19.7 Å². The Labute approximate surface area is 192 Å². The predicted octanol–water partition coefficient (Wildman–Crippen LogP) is 3.73. The van der Waals surface area contributed by atoms with E-state index in [4.69, 9.17) is 19.4 Å². The van der Waals surface area contributed by atoms with E-state index in [1.165, 1.54) is 0 Å². The Kier molecular flexibility index (Phi) is 6.46. The van der Waals surface area contributed by atoms with E-state index >= 15 is 0 Å². The number of nitrogens with one attached hydrogen (secondary N) is 1. The van der Waals surface area contributed by atoms with Crippen LogP contribution in [0.1, 0.15) is 24.2 Å². The number of phenolic OH excluding ortho intramolecular Hbond substituents is 1. The molecule has 172 valence electrons. The molecule has 0 radical (unpaired) electrons. The van der Waals surface area contributed by atoms with Crippen molar-refractivity contribution in [1.29, 1.82) is 0 Å². The lowest BCUT2D eigenvalue weighted by Gasteiger charge is -2.19. The Balaban J connectivity index is 1.95. The largest absolute Gasteiger partial charge is 0.506 e. The van der Waals surface area contributed by atoms with Crippen LogP contribution in [0.15, 0.2) is 36.4 Å². The summed E-state index contributed by atoms with van der Waals surface area (Å²) in [6, 6.07) is 10.8. The summed E-state index contributed by atoms with van der Waals surface area (Å²) in [5.41, 5.74) is 1.90. The lowest BCUT2D eigenvalue weighted by molar-refractivity contribution is 0.0948. The maximum atomic E-state index is 13.3. The molecule has 0 aliphatic heterocycles. The molecular weight excluding hydrogens is 420 g/mol. The highest BCUT2D eigenvalue weighted by Crippen LogP contribution is 2.39. The topological polar surface area (TPSA) is 96.8 Å². The fourth-order valence-corrected chi connectivity index (χ4v) is 4.09. The van der Waals surface area contributed by atoms with Gasteiger partial charge in [0, 0.05) is 23.9 Å². The number of likely N-dealkylation sites (N-methyl/N-ethyl adjacent to an activating group) is 1. The van der Waals surface area contributed by atoms with E-state index in [-0.39, 0.29) is 11.3 Å². The predicted molar refractivity (Wildman–Crippen MR) is 129 cm³/mol. The molecule has 0 saturated heterocycles. The first-order valence-corrected chi connectivity index (χ1v) is 11.0. The third-order valence-corrected chi connectivity index (χ3v) is 5.93. The van der Waals surface area contributed by atoms with Gasteiger partial charge in [0.1, 0.15) is 39.4 Å². The number of ether oxygens (including phenoxy) is 2. The minimum absolute atomic E-state index is 0.0996. The van der Waals surface area contributed by atoms with Crippen LogP contribution in [0.3, 0.4) is 0 Å². The van der Waals surface area contributed by atoms with Crippen molar-refractivity contribution in [3.63, 3.8) is 0 Å². The maximum Gasteiger partial charge on any atom is 0.257 e. The molecule has 8 heteroatoms. The first kappa shape index (κ1) is 22.5. The molecular formula is C25H28N4O4. The van der Waals surface area contributed by atoms with Gasteiger partial charge >= 0.3 is 0 Å². The highest BCUT2D eigenvalue weighted by molar-refractivity contribution is 6.19. The van der Waals surface area contributed by atoms with Crippen LogP contribution in [0.4, 0.5) is 0 Å². The minimum atomic E-state index is -0.397. The van der Waals surface area contributed by atoms with Crippen LogP contribution in [0.25, 0.3) is 32.8 Å². The van der Waals surface area contributed by atoms with Gasteiger partial charge in [0.2, 0.25) is 0 Å². The number of aromatic hydroxyl groups is 1. The average Bonchev–Trinajstić information content (AvgIpc) is 2.85. The Morgan fingerprint density at radius 1 is 0.909 bits per heavy atom. The van der Waals surface area contributed by atoms with Crippen molar-refractivity contribution in [1.82, 2.24) is 20.2 Å². The molecule has 1 amide bonds. The zero-order valence-corrected chi connectivity index (χ0v) is 19.3. The van der Waals surface area contributed by atoms with Gasteiger partial charge in [-0.15, -0.1) is 0 Å². The summed E-state index contributed by atoms with van der Waals surface area (Å²) >= 11 is 0. The molecule has 4 rings (SSSR count). The van der Waals surface area contributed by atoms with Crippen molar-refractivity contribution in [3.8, 4) is 17.2 Å². The number of amides is 1. The third-order valence-electron chi connectivity index (χ3n) is 5.93. The van der Waals surface area contributed by atoms with E-state index in [0.29, 0.717) is 57.4 Å². The number of hydrogen-bond acceptors (Lipinski definition) is 7. The van der Waals surface area contributed by atoms with Crippen LogP contribution in [-0.4, -0.2) is 66.3 Å². The smallest absolute Gasteiger partial charge is 0.257 e. The normalized spacial score (nSPS) is 11.4. The van der Waals surface area contributed by atoms with Crippen LogP contribution in [-0.2, 0) is 0 Å². The Hall–Kier alpha value is -3.65. The van der Waals surface area contributed by atoms with Gasteiger partial charge in [-0.05, 0) is 25.2 Å². The van der Waals surface area contributed by atoms with Gasteiger partial charge in [-0.2, -0.15) is 0 Å². The van der Waals surface area contributed by atoms with E-state index in [9.17, 15) is 9.90 Å². The number of carbonyl (C=O) groups excluding carboxylic acids is 1. The summed E-state index contributed by atoms with van der Waals surface area (Å²) in [6.07, 6.45) is 0. The highest BCUT2D eigenvalue weighted by Gasteiger charge is 2.23. The summed E-state index contributed by atoms with van der Waals surface area (Å²) in [5.74, 6) is 0.531. The van der Waals surface area contributed by atoms with E-state index in [1.54, 1.807) is 32.4 Å². The number of aromatic nitrogens is 2. The molecule has 0 fully saturated rings. The van der Waals surface area contributed by atoms with Crippen LogP contribution < -0.4 is 14.8 Å². The summed E-state index contributed by atoms with van der Waals surface area (Å²) < 4.78 is 11.0. The van der Waals surface area contributed by atoms with E-state index in [0.717, 1.165) is 13.1 Å². The van der Waals surface area contributed by atoms with Gasteiger partial charge in [-0.25, -0.2) is 9.97 Å². The van der Waals surface area contributed by atoms with Gasteiger partial charge in [0.25, 0.3) is 5.91 Å². The molecule has 8 nitrogen and oxygen atoms in total. The van der Waals surface area contributed by atoms with Gasteiger partial charge in [-0.3, -0.25) is 4.79 Å². The van der Waals surface area contributed by atoms with E-state index < -0.39 is 5.91 Å². The number of methoxy groups -OCH3 is 2. The molecule has 1 aromatic heterocycles. The second-order valence-electron chi connectivity index (χ2n) is 7.64. The Morgan fingerprint density at radius 3 is 2.06 bits per heavy atom. The van der Waals surface area contributed by atoms with Crippen molar-refractivity contribution >= 4 is 38.7 Å². The van der Waals surface area contributed by atoms with Crippen molar-refractivity contribution in [2.45, 2.75) is 13.8 Å². The second kappa shape index (κ2) is 9.46. The molecule has 2 N–H and O–H groups in total. The number of phenols is 1. The zero-order chi connectivity index (χ0) is 23.5. The number of carbonyl (C=O) groups is 1. The third kappa shape index (κ3) is 3.98. The van der Waals surface area contributed by atoms with Crippen LogP contribution >= 0.6 is 0 Å². The van der Waals surface area contributed by atoms with E-state index in [1.807, 2.05) is 18.2 Å². The fourth-order valence-electron chi connectivity index (χ4n) is 4.09. The number of rotatable bonds is 8. The Bertz CT molecular complexity index is 1340. The molecule has 0 saturated carbocycles. The van der Waals surface area contributed by atoms with Crippen molar-refractivity contribution in [2.24, 2.45) is 0 Å². The monoisotopic (exact) mass is 448 g/mol. The molecule has 1 heterocycles. The standard InChI is InChI=1S/C25H28N4O4/c1-5-29(6-2)14-13-26-25(31)19-23-20(15-9-7-8-10-16(15)24(19)30)27-21-17(32-3)11-12-18(33-4)22(21)28-23/h7-12,30H,5-6,13-14H2,1-4H3,(H,26,31). The SMILES string of the molecule is CCN(CC)CCNC(=O)c1c(O)c2ccccc2c2nc3c(OC)ccc(OC)c3nc12. The molecule has 0 aliphatic rings. The summed E-state index contributed by atoms with van der Waals surface area (Å²) in [7, 11) is 3.11. The number of benzene rings is 3. The first-order chi connectivity index (χ1) is 16.0. The summed E-state index contributed by atoms with van der Waals surface area (Å²) in [6.45, 7) is 7.12. The average molecular weight is 449 g/mol. The second-order valence-corrected chi connectivity index (χ2v) is 7.64. The van der Waals surface area contributed by atoms with Gasteiger partial charge in [0.15, 0.2) is 0 Å². The number of fused-ring (bicyclic) bond motifs is 4. The fraction of sp³-hybridized carbons (Fsp3) is 0.320. The quantitative estimate of drug-likeness (QED) is 0.313. The molecule has 0 aliphatic carbocycles. The molecule has 3 aromatic carbocycles. The summed E-state index contributed by atoms with van der Waals surface area (Å²) in [4.78, 5) is 25.1. The molecule has 0 spiro atoms. The minimum Gasteiger partial charge on any atom is -0.506 e. The lowest BCUT2D eigenvalue weighted by atomic mass is 10.0. The zero-order valence-electron chi connectivity index (χ0n) is 19.3. The molecule has 0 unspecified atom stereocenters. The van der Waals surface area contributed by atoms with Crippen molar-refractivity contribution < 1.29 is 19.4 Å². The van der Waals surface area contributed by atoms with Crippen molar-refractivity contribution in [2.75, 3.05) is 40.4 Å². The van der Waals surface area contributed by atoms with Gasteiger partial charge < -0.3 is 24.8 Å². The van der Waals surface area contributed by atoms with Crippen LogP contribution in [0.5, 0.6) is 17.2 Å². The summed E-state index contributed by atoms with van der Waals surface area (Å²) in [5, 5.41) is 15.3. The van der Waals surface area contributed by atoms with E-state index in [2.05, 4.69) is 24.1 Å². The molecule has 0 atom stereocenters. The number of hydrogen-bond donors (Lipinski definition) is 2. The maximum absolute atomic E-state index is 13.3. The molecule has 4 aromatic rings. The lowest BCUT2D eigenvalue weighted by Crippen LogP contribution is -2.35. The molecule has 0 bridgehead atoms. The van der Waals surface area contributed by atoms with Crippen LogP contribution in [0.2, 0.25) is 0 Å². The van der Waals surface area contributed by atoms with Gasteiger partial charge in [-0.1, -0.05) is 38.1 Å². The number of nitrogens with zero attached hydrogens (tertiary/aromatic N) is 3. The van der Waals surface area contributed by atoms with Crippen molar-refractivity contribution in [3.05, 3.63) is 42.0 Å².